The molecule has 0 heterocycles. The van der Waals surface area contributed by atoms with Crippen LogP contribution in [-0.2, 0) is 12.8 Å². The molecule has 20 heavy (non-hydrogen) atoms. The number of aryl methyl sites for hydroxylation is 1. The van der Waals surface area contributed by atoms with E-state index in [1.807, 2.05) is 14.0 Å². The monoisotopic (exact) mass is 275 g/mol. The fourth-order valence-electron chi connectivity index (χ4n) is 2.31. The highest BCUT2D eigenvalue weighted by molar-refractivity contribution is 5.28. The number of nitrogens with one attached hydrogen (secondary N) is 1. The van der Waals surface area contributed by atoms with Gasteiger partial charge in [0.05, 0.1) is 0 Å². The Hall–Kier alpha value is -1.74. The maximum Gasteiger partial charge on any atom is 0.123 e. The van der Waals surface area contributed by atoms with Crippen LogP contribution in [-0.4, -0.2) is 13.1 Å². The van der Waals surface area contributed by atoms with Crippen molar-refractivity contribution in [3.63, 3.8) is 0 Å². The van der Waals surface area contributed by atoms with Gasteiger partial charge in [-0.05, 0) is 67.8 Å². The fraction of sp³-hybridized carbons (Fsp3) is 0.294. The Kier molecular flexibility index (Phi) is 4.85. The summed E-state index contributed by atoms with van der Waals surface area (Å²) in [6.07, 6.45) is 1.53. The highest BCUT2D eigenvalue weighted by Crippen LogP contribution is 2.15. The average Bonchev–Trinajstić information content (AvgIpc) is 2.44. The van der Waals surface area contributed by atoms with Gasteiger partial charge in [-0.3, -0.25) is 0 Å². The minimum atomic E-state index is -0.226. The van der Waals surface area contributed by atoms with E-state index in [1.165, 1.54) is 18.2 Å². The summed E-state index contributed by atoms with van der Waals surface area (Å²) in [4.78, 5) is 0. The van der Waals surface area contributed by atoms with Crippen LogP contribution in [0, 0.1) is 18.6 Å². The first-order valence-electron chi connectivity index (χ1n) is 6.75. The van der Waals surface area contributed by atoms with Gasteiger partial charge in [0.1, 0.15) is 11.6 Å². The van der Waals surface area contributed by atoms with Crippen LogP contribution in [0.3, 0.4) is 0 Å². The summed E-state index contributed by atoms with van der Waals surface area (Å²) in [6, 6.07) is 11.6. The van der Waals surface area contributed by atoms with Crippen LogP contribution >= 0.6 is 0 Å². The molecule has 0 spiro atoms. The van der Waals surface area contributed by atoms with Crippen LogP contribution in [0.25, 0.3) is 0 Å². The van der Waals surface area contributed by atoms with Gasteiger partial charge in [0.25, 0.3) is 0 Å². The van der Waals surface area contributed by atoms with Crippen molar-refractivity contribution in [2.75, 3.05) is 7.05 Å². The van der Waals surface area contributed by atoms with Gasteiger partial charge in [-0.1, -0.05) is 18.2 Å². The molecular formula is C17H19F2N. The molecule has 1 nitrogen and oxygen atoms in total. The van der Waals surface area contributed by atoms with Crippen LogP contribution in [0.2, 0.25) is 0 Å². The number of halogens is 2. The molecule has 2 aromatic rings. The largest absolute Gasteiger partial charge is 0.316 e. The molecule has 0 aromatic heterocycles. The van der Waals surface area contributed by atoms with Gasteiger partial charge < -0.3 is 5.32 Å². The average molecular weight is 275 g/mol. The quantitative estimate of drug-likeness (QED) is 0.878. The molecule has 1 N–H and O–H groups in total. The first kappa shape index (κ1) is 14.7. The van der Waals surface area contributed by atoms with Crippen molar-refractivity contribution in [3.05, 3.63) is 70.8 Å². The molecule has 2 aromatic carbocycles. The van der Waals surface area contributed by atoms with Crippen LogP contribution in [0.1, 0.15) is 16.7 Å². The smallest absolute Gasteiger partial charge is 0.123 e. The van der Waals surface area contributed by atoms with Crippen molar-refractivity contribution in [2.45, 2.75) is 25.8 Å². The van der Waals surface area contributed by atoms with Gasteiger partial charge in [-0.25, -0.2) is 8.78 Å². The topological polar surface area (TPSA) is 12.0 Å². The van der Waals surface area contributed by atoms with E-state index in [1.54, 1.807) is 24.3 Å². The maximum atomic E-state index is 13.3. The Morgan fingerprint density at radius 1 is 0.950 bits per heavy atom. The van der Waals surface area contributed by atoms with E-state index < -0.39 is 0 Å². The fourth-order valence-corrected chi connectivity index (χ4v) is 2.31. The third-order valence-corrected chi connectivity index (χ3v) is 3.58. The second-order valence-corrected chi connectivity index (χ2v) is 5.09. The molecule has 0 aliphatic rings. The molecule has 0 aliphatic carbocycles. The standard InChI is InChI=1S/C17H19F2N/c1-12-3-6-16(19)10-14(12)11-17(20-2)9-13-4-7-15(18)8-5-13/h3-8,10,17,20H,9,11H2,1-2H3. The van der Waals surface area contributed by atoms with Crippen molar-refractivity contribution >= 4 is 0 Å². The van der Waals surface area contributed by atoms with Crippen LogP contribution in [0.4, 0.5) is 8.78 Å². The molecular weight excluding hydrogens is 256 g/mol. The molecule has 0 radical (unpaired) electrons. The van der Waals surface area contributed by atoms with Crippen LogP contribution < -0.4 is 5.32 Å². The van der Waals surface area contributed by atoms with Crippen molar-refractivity contribution in [1.82, 2.24) is 5.32 Å². The van der Waals surface area contributed by atoms with Gasteiger partial charge in [-0.15, -0.1) is 0 Å². The zero-order valence-corrected chi connectivity index (χ0v) is 11.8. The van der Waals surface area contributed by atoms with E-state index in [0.717, 1.165) is 29.5 Å². The molecule has 0 amide bonds. The molecule has 0 fully saturated rings. The van der Waals surface area contributed by atoms with Gasteiger partial charge >= 0.3 is 0 Å². The lowest BCUT2D eigenvalue weighted by molar-refractivity contribution is 0.550. The Balaban J connectivity index is 2.08. The van der Waals surface area contributed by atoms with Crippen LogP contribution in [0.5, 0.6) is 0 Å². The Bertz CT molecular complexity index is 564. The van der Waals surface area contributed by atoms with E-state index in [0.29, 0.717) is 0 Å². The summed E-state index contributed by atoms with van der Waals surface area (Å²) >= 11 is 0. The Labute approximate surface area is 118 Å². The number of hydrogen-bond acceptors (Lipinski definition) is 1. The van der Waals surface area contributed by atoms with Crippen molar-refractivity contribution in [2.24, 2.45) is 0 Å². The summed E-state index contributed by atoms with van der Waals surface area (Å²) in [5.74, 6) is -0.432. The minimum Gasteiger partial charge on any atom is -0.316 e. The molecule has 1 unspecified atom stereocenters. The number of likely N-dealkylation sites (N-methyl/N-ethyl adjacent to an activating group) is 1. The van der Waals surface area contributed by atoms with Crippen molar-refractivity contribution in [3.8, 4) is 0 Å². The highest BCUT2D eigenvalue weighted by Gasteiger charge is 2.11. The molecule has 0 saturated heterocycles. The van der Waals surface area contributed by atoms with Gasteiger partial charge in [0, 0.05) is 6.04 Å². The Morgan fingerprint density at radius 2 is 1.60 bits per heavy atom. The lowest BCUT2D eigenvalue weighted by Gasteiger charge is -2.18. The number of rotatable bonds is 5. The molecule has 0 saturated carbocycles. The third-order valence-electron chi connectivity index (χ3n) is 3.58. The zero-order valence-electron chi connectivity index (χ0n) is 11.8. The summed E-state index contributed by atoms with van der Waals surface area (Å²) in [5.41, 5.74) is 3.16. The lowest BCUT2D eigenvalue weighted by atomic mass is 9.96. The second kappa shape index (κ2) is 6.62. The van der Waals surface area contributed by atoms with Crippen molar-refractivity contribution in [1.29, 1.82) is 0 Å². The first-order chi connectivity index (χ1) is 9.58. The third kappa shape index (κ3) is 3.87. The van der Waals surface area contributed by atoms with Gasteiger partial charge in [0.2, 0.25) is 0 Å². The highest BCUT2D eigenvalue weighted by atomic mass is 19.1. The predicted molar refractivity (Wildman–Crippen MR) is 77.8 cm³/mol. The summed E-state index contributed by atoms with van der Waals surface area (Å²) in [5, 5.41) is 3.24. The van der Waals surface area contributed by atoms with E-state index in [2.05, 4.69) is 5.32 Å². The lowest BCUT2D eigenvalue weighted by Crippen LogP contribution is -2.30. The second-order valence-electron chi connectivity index (χ2n) is 5.09. The normalized spacial score (nSPS) is 12.4. The predicted octanol–water partition coefficient (Wildman–Crippen LogP) is 3.65. The summed E-state index contributed by atoms with van der Waals surface area (Å²) in [7, 11) is 1.89. The van der Waals surface area contributed by atoms with E-state index in [4.69, 9.17) is 0 Å². The van der Waals surface area contributed by atoms with Gasteiger partial charge in [0.15, 0.2) is 0 Å². The molecule has 106 valence electrons. The SMILES string of the molecule is CNC(Cc1ccc(F)cc1)Cc1cc(F)ccc1C. The van der Waals surface area contributed by atoms with E-state index in [9.17, 15) is 8.78 Å². The maximum absolute atomic E-state index is 13.3. The molecule has 3 heteroatoms. The molecule has 0 aliphatic heterocycles. The zero-order chi connectivity index (χ0) is 14.5. The molecule has 1 atom stereocenters. The Morgan fingerprint density at radius 3 is 2.25 bits per heavy atom. The summed E-state index contributed by atoms with van der Waals surface area (Å²) in [6.45, 7) is 1.99. The van der Waals surface area contributed by atoms with E-state index >= 15 is 0 Å². The molecule has 0 bridgehead atoms. The first-order valence-corrected chi connectivity index (χ1v) is 6.75. The van der Waals surface area contributed by atoms with Crippen molar-refractivity contribution < 1.29 is 8.78 Å². The minimum absolute atomic E-state index is 0.195. The molecule has 2 rings (SSSR count). The number of hydrogen-bond donors (Lipinski definition) is 1. The number of benzene rings is 2. The van der Waals surface area contributed by atoms with Crippen LogP contribution in [0.15, 0.2) is 42.5 Å². The van der Waals surface area contributed by atoms with E-state index in [-0.39, 0.29) is 17.7 Å². The van der Waals surface area contributed by atoms with Gasteiger partial charge in [-0.2, -0.15) is 0 Å². The summed E-state index contributed by atoms with van der Waals surface area (Å²) < 4.78 is 26.2.